The van der Waals surface area contributed by atoms with Crippen molar-refractivity contribution >= 4 is 11.4 Å². The van der Waals surface area contributed by atoms with E-state index in [1.165, 1.54) is 6.20 Å². The van der Waals surface area contributed by atoms with Crippen LogP contribution in [0.15, 0.2) is 41.4 Å². The van der Waals surface area contributed by atoms with Crippen LogP contribution in [-0.4, -0.2) is 23.9 Å². The summed E-state index contributed by atoms with van der Waals surface area (Å²) in [6.07, 6.45) is 4.41. The SMILES string of the molecule is CO[C@@H](C)C(=Nc1cccnc1)C(N)=CN. The molecule has 1 atom stereocenters. The Labute approximate surface area is 94.8 Å². The van der Waals surface area contributed by atoms with Gasteiger partial charge in [0, 0.05) is 19.5 Å². The van der Waals surface area contributed by atoms with E-state index in [0.29, 0.717) is 17.1 Å². The molecular formula is C11H16N4O. The molecule has 1 heterocycles. The van der Waals surface area contributed by atoms with Gasteiger partial charge in [-0.25, -0.2) is 4.99 Å². The van der Waals surface area contributed by atoms with Crippen molar-refractivity contribution in [3.63, 3.8) is 0 Å². The second kappa shape index (κ2) is 5.87. The van der Waals surface area contributed by atoms with Gasteiger partial charge in [0.2, 0.25) is 0 Å². The average molecular weight is 220 g/mol. The Bertz CT molecular complexity index is 386. The molecule has 1 aromatic heterocycles. The van der Waals surface area contributed by atoms with Gasteiger partial charge in [-0.15, -0.1) is 0 Å². The monoisotopic (exact) mass is 220 g/mol. The van der Waals surface area contributed by atoms with Crippen LogP contribution >= 0.6 is 0 Å². The fourth-order valence-electron chi connectivity index (χ4n) is 1.15. The number of aliphatic imine (C=N–C) groups is 1. The molecule has 1 aromatic rings. The molecule has 16 heavy (non-hydrogen) atoms. The molecule has 5 nitrogen and oxygen atoms in total. The van der Waals surface area contributed by atoms with Crippen LogP contribution in [0.25, 0.3) is 0 Å². The number of methoxy groups -OCH3 is 1. The molecule has 0 bridgehead atoms. The molecule has 0 aliphatic carbocycles. The van der Waals surface area contributed by atoms with E-state index < -0.39 is 0 Å². The smallest absolute Gasteiger partial charge is 0.0984 e. The van der Waals surface area contributed by atoms with Crippen molar-refractivity contribution in [2.24, 2.45) is 16.5 Å². The number of hydrogen-bond acceptors (Lipinski definition) is 5. The number of nitrogens with zero attached hydrogens (tertiary/aromatic N) is 2. The summed E-state index contributed by atoms with van der Waals surface area (Å²) in [7, 11) is 1.59. The number of aromatic nitrogens is 1. The lowest BCUT2D eigenvalue weighted by Crippen LogP contribution is -2.26. The average Bonchev–Trinajstić information content (AvgIpc) is 2.35. The number of pyridine rings is 1. The molecular weight excluding hydrogens is 204 g/mol. The van der Waals surface area contributed by atoms with Gasteiger partial charge < -0.3 is 16.2 Å². The Balaban J connectivity index is 3.07. The zero-order valence-electron chi connectivity index (χ0n) is 9.42. The molecule has 0 aromatic carbocycles. The van der Waals surface area contributed by atoms with Crippen molar-refractivity contribution in [1.29, 1.82) is 0 Å². The molecule has 5 heteroatoms. The van der Waals surface area contributed by atoms with E-state index in [-0.39, 0.29) is 6.10 Å². The molecule has 1 rings (SSSR count). The first-order valence-corrected chi connectivity index (χ1v) is 4.88. The van der Waals surface area contributed by atoms with Crippen LogP contribution < -0.4 is 11.5 Å². The Morgan fingerprint density at radius 1 is 1.62 bits per heavy atom. The normalized spacial score (nSPS) is 14.9. The van der Waals surface area contributed by atoms with E-state index in [2.05, 4.69) is 9.98 Å². The third-order valence-electron chi connectivity index (χ3n) is 2.11. The first-order valence-electron chi connectivity index (χ1n) is 4.88. The van der Waals surface area contributed by atoms with E-state index in [9.17, 15) is 0 Å². The molecule has 0 aliphatic rings. The lowest BCUT2D eigenvalue weighted by atomic mass is 10.2. The minimum absolute atomic E-state index is 0.222. The first kappa shape index (κ1) is 12.2. The van der Waals surface area contributed by atoms with Crippen molar-refractivity contribution in [2.75, 3.05) is 7.11 Å². The first-order chi connectivity index (χ1) is 7.69. The molecule has 0 radical (unpaired) electrons. The van der Waals surface area contributed by atoms with E-state index >= 15 is 0 Å². The maximum absolute atomic E-state index is 5.75. The van der Waals surface area contributed by atoms with E-state index in [1.54, 1.807) is 25.6 Å². The van der Waals surface area contributed by atoms with Crippen molar-refractivity contribution in [3.05, 3.63) is 36.4 Å². The summed E-state index contributed by atoms with van der Waals surface area (Å²) in [6, 6.07) is 3.63. The Morgan fingerprint density at radius 2 is 2.38 bits per heavy atom. The van der Waals surface area contributed by atoms with Crippen LogP contribution in [0.5, 0.6) is 0 Å². The van der Waals surface area contributed by atoms with E-state index in [4.69, 9.17) is 16.2 Å². The summed E-state index contributed by atoms with van der Waals surface area (Å²) in [5.74, 6) is 0. The van der Waals surface area contributed by atoms with Crippen molar-refractivity contribution < 1.29 is 4.74 Å². The molecule has 0 spiro atoms. The molecule has 0 amide bonds. The van der Waals surface area contributed by atoms with Gasteiger partial charge in [-0.05, 0) is 19.1 Å². The van der Waals surface area contributed by atoms with E-state index in [0.717, 1.165) is 0 Å². The van der Waals surface area contributed by atoms with Gasteiger partial charge in [-0.2, -0.15) is 0 Å². The largest absolute Gasteiger partial charge is 0.403 e. The standard InChI is InChI=1S/C11H16N4O/c1-8(16-2)11(10(13)6-12)15-9-4-3-5-14-7-9/h3-8H,12-13H2,1-2H3/t8-/m0/s1. The second-order valence-electron chi connectivity index (χ2n) is 3.21. The predicted octanol–water partition coefficient (Wildman–Crippen LogP) is 0.948. The summed E-state index contributed by atoms with van der Waals surface area (Å²) in [4.78, 5) is 8.32. The Morgan fingerprint density at radius 3 is 2.88 bits per heavy atom. The van der Waals surface area contributed by atoms with Gasteiger partial charge >= 0.3 is 0 Å². The van der Waals surface area contributed by atoms with Crippen LogP contribution in [0.3, 0.4) is 0 Å². The number of ether oxygens (including phenoxy) is 1. The number of hydrogen-bond donors (Lipinski definition) is 2. The Hall–Kier alpha value is -1.88. The highest BCUT2D eigenvalue weighted by Crippen LogP contribution is 2.12. The minimum atomic E-state index is -0.222. The van der Waals surface area contributed by atoms with Crippen molar-refractivity contribution in [3.8, 4) is 0 Å². The third kappa shape index (κ3) is 3.06. The summed E-state index contributed by atoms with van der Waals surface area (Å²) >= 11 is 0. The van der Waals surface area contributed by atoms with Crippen LogP contribution in [0, 0.1) is 0 Å². The van der Waals surface area contributed by atoms with Gasteiger partial charge in [0.05, 0.1) is 29.4 Å². The maximum atomic E-state index is 5.75. The molecule has 4 N–H and O–H groups in total. The van der Waals surface area contributed by atoms with Crippen molar-refractivity contribution in [2.45, 2.75) is 13.0 Å². The molecule has 0 saturated carbocycles. The molecule has 0 saturated heterocycles. The van der Waals surface area contributed by atoms with Crippen LogP contribution in [-0.2, 0) is 4.74 Å². The van der Waals surface area contributed by atoms with Gasteiger partial charge in [-0.3, -0.25) is 4.98 Å². The zero-order valence-corrected chi connectivity index (χ0v) is 9.42. The molecule has 0 unspecified atom stereocenters. The third-order valence-corrected chi connectivity index (χ3v) is 2.11. The van der Waals surface area contributed by atoms with Crippen LogP contribution in [0.4, 0.5) is 5.69 Å². The lowest BCUT2D eigenvalue weighted by Gasteiger charge is -2.13. The lowest BCUT2D eigenvalue weighted by molar-refractivity contribution is 0.171. The highest BCUT2D eigenvalue weighted by Gasteiger charge is 2.12. The minimum Gasteiger partial charge on any atom is -0.403 e. The highest BCUT2D eigenvalue weighted by molar-refractivity contribution is 6.03. The molecule has 0 aliphatic heterocycles. The van der Waals surface area contributed by atoms with Gasteiger partial charge in [0.1, 0.15) is 0 Å². The Kier molecular flexibility index (Phi) is 4.47. The quantitative estimate of drug-likeness (QED) is 0.739. The van der Waals surface area contributed by atoms with Crippen molar-refractivity contribution in [1.82, 2.24) is 4.98 Å². The second-order valence-corrected chi connectivity index (χ2v) is 3.21. The highest BCUT2D eigenvalue weighted by atomic mass is 16.5. The summed E-state index contributed by atoms with van der Waals surface area (Å²) in [5, 5.41) is 0. The van der Waals surface area contributed by atoms with Crippen LogP contribution in [0.1, 0.15) is 6.92 Å². The summed E-state index contributed by atoms with van der Waals surface area (Å²) < 4.78 is 5.18. The van der Waals surface area contributed by atoms with Gasteiger partial charge in [0.25, 0.3) is 0 Å². The van der Waals surface area contributed by atoms with Crippen LogP contribution in [0.2, 0.25) is 0 Å². The zero-order chi connectivity index (χ0) is 12.0. The van der Waals surface area contributed by atoms with Gasteiger partial charge in [0.15, 0.2) is 0 Å². The fraction of sp³-hybridized carbons (Fsp3) is 0.273. The predicted molar refractivity (Wildman–Crippen MR) is 64.3 cm³/mol. The fourth-order valence-corrected chi connectivity index (χ4v) is 1.15. The topological polar surface area (TPSA) is 86.5 Å². The number of rotatable bonds is 4. The maximum Gasteiger partial charge on any atom is 0.0984 e. The summed E-state index contributed by atoms with van der Waals surface area (Å²) in [5.41, 5.74) is 12.8. The van der Waals surface area contributed by atoms with Gasteiger partial charge in [-0.1, -0.05) is 0 Å². The van der Waals surface area contributed by atoms with E-state index in [1.807, 2.05) is 13.0 Å². The number of nitrogens with two attached hydrogens (primary N) is 2. The molecule has 86 valence electrons. The summed E-state index contributed by atoms with van der Waals surface area (Å²) in [6.45, 7) is 1.85. The molecule has 0 fully saturated rings.